The van der Waals surface area contributed by atoms with Crippen molar-refractivity contribution in [3.63, 3.8) is 0 Å². The van der Waals surface area contributed by atoms with Crippen LogP contribution in [0.25, 0.3) is 10.8 Å². The first kappa shape index (κ1) is 17.6. The second-order valence-electron chi connectivity index (χ2n) is 5.97. The van der Waals surface area contributed by atoms with Crippen LogP contribution in [0.5, 0.6) is 5.75 Å². The molecular formula is C18H23ClN2O2. The maximum absolute atomic E-state index is 12.2. The fourth-order valence-corrected chi connectivity index (χ4v) is 3.14. The number of amides is 1. The Bertz CT molecular complexity index is 690. The summed E-state index contributed by atoms with van der Waals surface area (Å²) in [4.78, 5) is 12.2. The van der Waals surface area contributed by atoms with Crippen LogP contribution in [0.1, 0.15) is 24.8 Å². The van der Waals surface area contributed by atoms with Crippen LogP contribution in [0.4, 0.5) is 0 Å². The van der Waals surface area contributed by atoms with Crippen LogP contribution in [0.3, 0.4) is 0 Å². The third kappa shape index (κ3) is 3.95. The van der Waals surface area contributed by atoms with Gasteiger partial charge in [-0.1, -0.05) is 24.6 Å². The summed E-state index contributed by atoms with van der Waals surface area (Å²) in [6.45, 7) is 0.546. The van der Waals surface area contributed by atoms with Gasteiger partial charge in [0.15, 0.2) is 0 Å². The Balaban J connectivity index is 0.00000192. The van der Waals surface area contributed by atoms with Gasteiger partial charge < -0.3 is 15.8 Å². The molecule has 3 rings (SSSR count). The summed E-state index contributed by atoms with van der Waals surface area (Å²) < 4.78 is 5.23. The minimum atomic E-state index is -0.0234. The van der Waals surface area contributed by atoms with Crippen LogP contribution in [-0.4, -0.2) is 19.1 Å². The van der Waals surface area contributed by atoms with Crippen LogP contribution in [-0.2, 0) is 11.3 Å². The molecule has 4 nitrogen and oxygen atoms in total. The molecule has 23 heavy (non-hydrogen) atoms. The van der Waals surface area contributed by atoms with E-state index >= 15 is 0 Å². The number of carbonyl (C=O) groups excluding carboxylic acids is 1. The van der Waals surface area contributed by atoms with Crippen LogP contribution in [0, 0.1) is 5.92 Å². The third-order valence-electron chi connectivity index (χ3n) is 4.48. The predicted molar refractivity (Wildman–Crippen MR) is 94.9 cm³/mol. The lowest BCUT2D eigenvalue weighted by molar-refractivity contribution is -0.125. The fourth-order valence-electron chi connectivity index (χ4n) is 3.14. The highest BCUT2D eigenvalue weighted by molar-refractivity contribution is 5.85. The average molecular weight is 335 g/mol. The number of nitrogens with two attached hydrogens (primary N) is 1. The molecule has 0 aliphatic heterocycles. The van der Waals surface area contributed by atoms with E-state index in [1.165, 1.54) is 0 Å². The Morgan fingerprint density at radius 3 is 2.65 bits per heavy atom. The minimum absolute atomic E-state index is 0. The summed E-state index contributed by atoms with van der Waals surface area (Å²) in [6, 6.07) is 12.2. The molecule has 1 saturated carbocycles. The van der Waals surface area contributed by atoms with Crippen molar-refractivity contribution in [1.82, 2.24) is 5.32 Å². The van der Waals surface area contributed by atoms with Gasteiger partial charge in [0, 0.05) is 12.6 Å². The Morgan fingerprint density at radius 2 is 1.96 bits per heavy atom. The van der Waals surface area contributed by atoms with Crippen molar-refractivity contribution in [2.45, 2.75) is 31.8 Å². The maximum Gasteiger partial charge on any atom is 0.224 e. The molecule has 1 amide bonds. The van der Waals surface area contributed by atoms with Gasteiger partial charge in [-0.25, -0.2) is 0 Å². The number of carbonyl (C=O) groups is 1. The van der Waals surface area contributed by atoms with E-state index in [9.17, 15) is 4.79 Å². The molecule has 2 aromatic carbocycles. The third-order valence-corrected chi connectivity index (χ3v) is 4.48. The summed E-state index contributed by atoms with van der Waals surface area (Å²) in [5.74, 6) is 0.910. The molecule has 0 spiro atoms. The zero-order chi connectivity index (χ0) is 15.5. The summed E-state index contributed by atoms with van der Waals surface area (Å²) in [5.41, 5.74) is 7.07. The molecule has 124 valence electrons. The number of rotatable bonds is 4. The summed E-state index contributed by atoms with van der Waals surface area (Å²) in [6.07, 6.45) is 2.91. The Labute approximate surface area is 142 Å². The van der Waals surface area contributed by atoms with E-state index in [1.54, 1.807) is 7.11 Å². The van der Waals surface area contributed by atoms with Gasteiger partial charge in [0.25, 0.3) is 0 Å². The smallest absolute Gasteiger partial charge is 0.224 e. The molecule has 1 fully saturated rings. The van der Waals surface area contributed by atoms with E-state index < -0.39 is 0 Å². The Morgan fingerprint density at radius 1 is 1.22 bits per heavy atom. The number of ether oxygens (including phenoxy) is 1. The number of methoxy groups -OCH3 is 1. The topological polar surface area (TPSA) is 64.3 Å². The Kier molecular flexibility index (Phi) is 5.85. The van der Waals surface area contributed by atoms with Gasteiger partial charge in [0.1, 0.15) is 5.75 Å². The molecule has 0 aromatic heterocycles. The first-order valence-corrected chi connectivity index (χ1v) is 7.77. The van der Waals surface area contributed by atoms with Gasteiger partial charge in [-0.3, -0.25) is 4.79 Å². The van der Waals surface area contributed by atoms with E-state index in [4.69, 9.17) is 10.5 Å². The molecule has 0 heterocycles. The molecule has 1 aliphatic carbocycles. The quantitative estimate of drug-likeness (QED) is 0.903. The lowest BCUT2D eigenvalue weighted by Gasteiger charge is -2.15. The summed E-state index contributed by atoms with van der Waals surface area (Å²) in [5, 5.41) is 5.29. The molecule has 0 saturated heterocycles. The van der Waals surface area contributed by atoms with Gasteiger partial charge in [0.05, 0.1) is 13.0 Å². The van der Waals surface area contributed by atoms with Crippen molar-refractivity contribution in [1.29, 1.82) is 0 Å². The van der Waals surface area contributed by atoms with Crippen LogP contribution in [0.2, 0.25) is 0 Å². The molecule has 0 bridgehead atoms. The molecule has 2 aromatic rings. The summed E-state index contributed by atoms with van der Waals surface area (Å²) in [7, 11) is 1.67. The first-order valence-electron chi connectivity index (χ1n) is 7.77. The lowest BCUT2D eigenvalue weighted by atomic mass is 10.0. The predicted octanol–water partition coefficient (Wildman–Crippen LogP) is 3.01. The maximum atomic E-state index is 12.2. The van der Waals surface area contributed by atoms with Crippen molar-refractivity contribution >= 4 is 29.1 Å². The summed E-state index contributed by atoms with van der Waals surface area (Å²) >= 11 is 0. The number of hydrogen-bond acceptors (Lipinski definition) is 3. The highest BCUT2D eigenvalue weighted by Gasteiger charge is 2.29. The van der Waals surface area contributed by atoms with Gasteiger partial charge in [0.2, 0.25) is 5.91 Å². The zero-order valence-electron chi connectivity index (χ0n) is 13.2. The van der Waals surface area contributed by atoms with Crippen LogP contribution in [0.15, 0.2) is 36.4 Å². The van der Waals surface area contributed by atoms with E-state index in [2.05, 4.69) is 17.4 Å². The minimum Gasteiger partial charge on any atom is -0.497 e. The van der Waals surface area contributed by atoms with Crippen LogP contribution < -0.4 is 15.8 Å². The van der Waals surface area contributed by atoms with Gasteiger partial charge in [-0.05, 0) is 47.4 Å². The standard InChI is InChI=1S/C18H22N2O2.ClH/c1-22-15-8-7-13-9-12(5-6-14(13)10-15)11-20-18(21)16-3-2-4-17(16)19;/h5-10,16-17H,2-4,11,19H2,1H3,(H,20,21);1H. The van der Waals surface area contributed by atoms with Crippen molar-refractivity contribution in [3.8, 4) is 5.75 Å². The van der Waals surface area contributed by atoms with E-state index in [0.717, 1.165) is 41.3 Å². The Hall–Kier alpha value is -1.78. The highest BCUT2D eigenvalue weighted by atomic mass is 35.5. The lowest BCUT2D eigenvalue weighted by Crippen LogP contribution is -2.38. The van der Waals surface area contributed by atoms with E-state index in [-0.39, 0.29) is 30.3 Å². The molecule has 1 aliphatic rings. The van der Waals surface area contributed by atoms with Gasteiger partial charge >= 0.3 is 0 Å². The fraction of sp³-hybridized carbons (Fsp3) is 0.389. The van der Waals surface area contributed by atoms with Crippen molar-refractivity contribution in [2.24, 2.45) is 11.7 Å². The van der Waals surface area contributed by atoms with Crippen LogP contribution >= 0.6 is 12.4 Å². The SMILES string of the molecule is COc1ccc2cc(CNC(=O)C3CCCC3N)ccc2c1.Cl. The zero-order valence-corrected chi connectivity index (χ0v) is 14.1. The molecule has 2 unspecified atom stereocenters. The second kappa shape index (κ2) is 7.66. The molecule has 3 N–H and O–H groups in total. The molecular weight excluding hydrogens is 312 g/mol. The number of hydrogen-bond donors (Lipinski definition) is 2. The van der Waals surface area contributed by atoms with Gasteiger partial charge in [-0.15, -0.1) is 12.4 Å². The number of halogens is 1. The molecule has 0 radical (unpaired) electrons. The highest BCUT2D eigenvalue weighted by Crippen LogP contribution is 2.24. The van der Waals surface area contributed by atoms with E-state index in [0.29, 0.717) is 6.54 Å². The molecule has 2 atom stereocenters. The van der Waals surface area contributed by atoms with Crippen molar-refractivity contribution in [2.75, 3.05) is 7.11 Å². The second-order valence-corrected chi connectivity index (χ2v) is 5.97. The number of fused-ring (bicyclic) bond motifs is 1. The largest absolute Gasteiger partial charge is 0.497 e. The average Bonchev–Trinajstić information content (AvgIpc) is 2.98. The first-order chi connectivity index (χ1) is 10.7. The van der Waals surface area contributed by atoms with Crippen molar-refractivity contribution in [3.05, 3.63) is 42.0 Å². The number of nitrogens with one attached hydrogen (secondary N) is 1. The molecule has 5 heteroatoms. The van der Waals surface area contributed by atoms with Gasteiger partial charge in [-0.2, -0.15) is 0 Å². The number of benzene rings is 2. The normalized spacial score (nSPS) is 20.1. The van der Waals surface area contributed by atoms with Crippen molar-refractivity contribution < 1.29 is 9.53 Å². The van der Waals surface area contributed by atoms with E-state index in [1.807, 2.05) is 24.3 Å². The monoisotopic (exact) mass is 334 g/mol.